The zero-order valence-electron chi connectivity index (χ0n) is 15.3. The molecule has 0 atom stereocenters. The highest BCUT2D eigenvalue weighted by Gasteiger charge is 2.20. The maximum atomic E-state index is 12.1. The van der Waals surface area contributed by atoms with Crippen LogP contribution in [0.1, 0.15) is 12.6 Å². The second kappa shape index (κ2) is 6.68. The van der Waals surface area contributed by atoms with Gasteiger partial charge in [0.1, 0.15) is 0 Å². The Balaban J connectivity index is 2.09. The van der Waals surface area contributed by atoms with E-state index in [-0.39, 0.29) is 0 Å². The average molecular weight is 359 g/mol. The summed E-state index contributed by atoms with van der Waals surface area (Å²) in [5.74, 6) is 0. The Morgan fingerprint density at radius 2 is 1.81 bits per heavy atom. The van der Waals surface area contributed by atoms with Crippen LogP contribution >= 0.6 is 0 Å². The number of hydrogen-bond donors (Lipinski definition) is 2. The number of nitrogen functional groups attached to an aromatic ring is 1. The first kappa shape index (κ1) is 17.0. The normalized spacial score (nSPS) is 11.0. The van der Waals surface area contributed by atoms with Crippen molar-refractivity contribution in [3.63, 3.8) is 0 Å². The molecule has 0 saturated heterocycles. The molecular formula is C22H21N3O2. The van der Waals surface area contributed by atoms with Gasteiger partial charge in [-0.2, -0.15) is 0 Å². The summed E-state index contributed by atoms with van der Waals surface area (Å²) in [4.78, 5) is 12.1. The number of nitrogens with one attached hydrogen (secondary N) is 1. The first-order valence-corrected chi connectivity index (χ1v) is 8.93. The van der Waals surface area contributed by atoms with Gasteiger partial charge in [-0.15, -0.1) is 0 Å². The predicted molar refractivity (Wildman–Crippen MR) is 110 cm³/mol. The fourth-order valence-corrected chi connectivity index (χ4v) is 3.64. The predicted octanol–water partition coefficient (Wildman–Crippen LogP) is 5.05. The Labute approximate surface area is 157 Å². The second-order valence-electron chi connectivity index (χ2n) is 6.40. The first-order chi connectivity index (χ1) is 13.1. The number of hydrogen-bond acceptors (Lipinski definition) is 3. The van der Waals surface area contributed by atoms with Gasteiger partial charge in [0.15, 0.2) is 0 Å². The summed E-state index contributed by atoms with van der Waals surface area (Å²) in [6.45, 7) is 4.07. The zero-order chi connectivity index (χ0) is 19.0. The van der Waals surface area contributed by atoms with Gasteiger partial charge >= 0.3 is 6.09 Å². The SMILES string of the molecule is CCOC(=O)Nn1c(C)c(-c2ccccc2N)c2c3ccccc3ccc21. The number of benzene rings is 3. The van der Waals surface area contributed by atoms with Gasteiger partial charge in [-0.3, -0.25) is 4.68 Å². The van der Waals surface area contributed by atoms with E-state index in [4.69, 9.17) is 10.5 Å². The van der Waals surface area contributed by atoms with Crippen LogP contribution in [0.25, 0.3) is 32.8 Å². The van der Waals surface area contributed by atoms with E-state index >= 15 is 0 Å². The molecule has 136 valence electrons. The molecular weight excluding hydrogens is 338 g/mol. The molecule has 1 heterocycles. The molecule has 0 aliphatic carbocycles. The smallest absolute Gasteiger partial charge is 0.426 e. The number of fused-ring (bicyclic) bond motifs is 3. The van der Waals surface area contributed by atoms with E-state index in [9.17, 15) is 4.79 Å². The van der Waals surface area contributed by atoms with E-state index in [1.54, 1.807) is 11.6 Å². The van der Waals surface area contributed by atoms with Crippen molar-refractivity contribution in [2.75, 3.05) is 17.8 Å². The molecule has 5 nitrogen and oxygen atoms in total. The first-order valence-electron chi connectivity index (χ1n) is 8.93. The molecule has 0 spiro atoms. The molecule has 0 saturated carbocycles. The summed E-state index contributed by atoms with van der Waals surface area (Å²) in [6, 6.07) is 20.1. The lowest BCUT2D eigenvalue weighted by Gasteiger charge is -2.11. The number of amides is 1. The zero-order valence-corrected chi connectivity index (χ0v) is 15.3. The van der Waals surface area contributed by atoms with Crippen molar-refractivity contribution >= 4 is 33.5 Å². The molecule has 0 unspecified atom stereocenters. The highest BCUT2D eigenvalue weighted by Crippen LogP contribution is 2.40. The van der Waals surface area contributed by atoms with Crippen molar-refractivity contribution in [3.8, 4) is 11.1 Å². The molecule has 3 N–H and O–H groups in total. The van der Waals surface area contributed by atoms with Gasteiger partial charge in [-0.1, -0.05) is 48.5 Å². The van der Waals surface area contributed by atoms with Gasteiger partial charge in [0.25, 0.3) is 0 Å². The molecule has 1 amide bonds. The number of ether oxygens (including phenoxy) is 1. The Hall–Kier alpha value is -3.47. The highest BCUT2D eigenvalue weighted by atomic mass is 16.5. The lowest BCUT2D eigenvalue weighted by atomic mass is 9.97. The molecule has 0 fully saturated rings. The average Bonchev–Trinajstić information content (AvgIpc) is 2.95. The Kier molecular flexibility index (Phi) is 4.20. The van der Waals surface area contributed by atoms with Crippen LogP contribution in [0.15, 0.2) is 60.7 Å². The van der Waals surface area contributed by atoms with Gasteiger partial charge in [0.05, 0.1) is 12.1 Å². The Bertz CT molecular complexity index is 1160. The van der Waals surface area contributed by atoms with Crippen molar-refractivity contribution in [3.05, 3.63) is 66.4 Å². The number of carbonyl (C=O) groups excluding carboxylic acids is 1. The summed E-state index contributed by atoms with van der Waals surface area (Å²) in [6.07, 6.45) is -0.488. The van der Waals surface area contributed by atoms with Crippen molar-refractivity contribution in [1.29, 1.82) is 0 Å². The van der Waals surface area contributed by atoms with Crippen molar-refractivity contribution in [2.45, 2.75) is 13.8 Å². The minimum absolute atomic E-state index is 0.311. The van der Waals surface area contributed by atoms with Crippen molar-refractivity contribution in [2.24, 2.45) is 0 Å². The van der Waals surface area contributed by atoms with Crippen molar-refractivity contribution in [1.82, 2.24) is 4.68 Å². The minimum Gasteiger partial charge on any atom is -0.449 e. The van der Waals surface area contributed by atoms with Crippen LogP contribution in [0.4, 0.5) is 10.5 Å². The van der Waals surface area contributed by atoms with E-state index in [1.165, 1.54) is 0 Å². The van der Waals surface area contributed by atoms with Gasteiger partial charge in [-0.05, 0) is 36.8 Å². The molecule has 4 rings (SSSR count). The van der Waals surface area contributed by atoms with Crippen LogP contribution in [0.5, 0.6) is 0 Å². The van der Waals surface area contributed by atoms with Gasteiger partial charge < -0.3 is 10.5 Å². The number of nitrogens with two attached hydrogens (primary N) is 1. The Morgan fingerprint density at radius 1 is 1.07 bits per heavy atom. The number of para-hydroxylation sites is 1. The highest BCUT2D eigenvalue weighted by molar-refractivity contribution is 6.16. The van der Waals surface area contributed by atoms with Crippen LogP contribution in [0, 0.1) is 6.92 Å². The third-order valence-corrected chi connectivity index (χ3v) is 4.80. The molecule has 0 bridgehead atoms. The van der Waals surface area contributed by atoms with Crippen LogP contribution < -0.4 is 11.2 Å². The maximum absolute atomic E-state index is 12.1. The maximum Gasteiger partial charge on any atom is 0.426 e. The molecule has 0 aliphatic rings. The summed E-state index contributed by atoms with van der Waals surface area (Å²) >= 11 is 0. The van der Waals surface area contributed by atoms with Gasteiger partial charge in [0.2, 0.25) is 0 Å². The second-order valence-corrected chi connectivity index (χ2v) is 6.40. The van der Waals surface area contributed by atoms with E-state index in [2.05, 4.69) is 23.6 Å². The van der Waals surface area contributed by atoms with E-state index < -0.39 is 6.09 Å². The molecule has 1 aromatic heterocycles. The monoisotopic (exact) mass is 359 g/mol. The minimum atomic E-state index is -0.488. The third kappa shape index (κ3) is 2.77. The number of carbonyl (C=O) groups is 1. The molecule has 4 aromatic rings. The number of aromatic nitrogens is 1. The lowest BCUT2D eigenvalue weighted by molar-refractivity contribution is 0.164. The largest absolute Gasteiger partial charge is 0.449 e. The Morgan fingerprint density at radius 3 is 2.59 bits per heavy atom. The molecule has 5 heteroatoms. The quantitative estimate of drug-likeness (QED) is 0.503. The van der Waals surface area contributed by atoms with Crippen LogP contribution in [-0.2, 0) is 4.74 Å². The number of rotatable bonds is 3. The van der Waals surface area contributed by atoms with E-state index in [0.717, 1.165) is 38.5 Å². The number of nitrogens with zero attached hydrogens (tertiary/aromatic N) is 1. The topological polar surface area (TPSA) is 69.3 Å². The molecule has 0 radical (unpaired) electrons. The summed E-state index contributed by atoms with van der Waals surface area (Å²) in [7, 11) is 0. The van der Waals surface area contributed by atoms with Crippen molar-refractivity contribution < 1.29 is 9.53 Å². The van der Waals surface area contributed by atoms with Gasteiger partial charge in [-0.25, -0.2) is 10.2 Å². The third-order valence-electron chi connectivity index (χ3n) is 4.80. The molecule has 27 heavy (non-hydrogen) atoms. The number of anilines is 1. The summed E-state index contributed by atoms with van der Waals surface area (Å²) < 4.78 is 6.86. The van der Waals surface area contributed by atoms with Gasteiger partial charge in [0, 0.05) is 27.9 Å². The molecule has 0 aliphatic heterocycles. The van der Waals surface area contributed by atoms with Crippen LogP contribution in [-0.4, -0.2) is 17.4 Å². The van der Waals surface area contributed by atoms with Crippen LogP contribution in [0.2, 0.25) is 0 Å². The van der Waals surface area contributed by atoms with Crippen LogP contribution in [0.3, 0.4) is 0 Å². The van der Waals surface area contributed by atoms with E-state index in [1.807, 2.05) is 49.4 Å². The molecule has 3 aromatic carbocycles. The fourth-order valence-electron chi connectivity index (χ4n) is 3.64. The standard InChI is InChI=1S/C22H21N3O2/c1-3-27-22(26)24-25-14(2)20(17-10-6-7-11-18(17)23)21-16-9-5-4-8-15(16)12-13-19(21)25/h4-13H,3,23H2,1-2H3,(H,24,26). The lowest BCUT2D eigenvalue weighted by Crippen LogP contribution is -2.24. The summed E-state index contributed by atoms with van der Waals surface area (Å²) in [5, 5.41) is 3.30. The summed E-state index contributed by atoms with van der Waals surface area (Å²) in [5.41, 5.74) is 13.6. The van der Waals surface area contributed by atoms with E-state index in [0.29, 0.717) is 12.3 Å². The fraction of sp³-hybridized carbons (Fsp3) is 0.136.